The average molecular weight is 217 g/mol. The van der Waals surface area contributed by atoms with Crippen molar-refractivity contribution < 1.29 is 15.0 Å². The number of rotatable bonds is 9. The Balaban J connectivity index is 3.62. The highest BCUT2D eigenvalue weighted by Gasteiger charge is 2.15. The Morgan fingerprint density at radius 2 is 2.00 bits per heavy atom. The van der Waals surface area contributed by atoms with Crippen LogP contribution in [-0.4, -0.2) is 34.9 Å². The Morgan fingerprint density at radius 1 is 1.33 bits per heavy atom. The molecule has 0 saturated carbocycles. The van der Waals surface area contributed by atoms with Gasteiger partial charge < -0.3 is 15.5 Å². The molecule has 0 spiro atoms. The van der Waals surface area contributed by atoms with Gasteiger partial charge >= 0.3 is 5.97 Å². The van der Waals surface area contributed by atoms with Crippen LogP contribution in [-0.2, 0) is 4.79 Å². The quantitative estimate of drug-likeness (QED) is 0.510. The minimum absolute atomic E-state index is 0.300. The molecule has 0 radical (unpaired) electrons. The molecule has 0 fully saturated rings. The molecule has 3 N–H and O–H groups in total. The average Bonchev–Trinajstić information content (AvgIpc) is 2.15. The zero-order valence-electron chi connectivity index (χ0n) is 9.70. The van der Waals surface area contributed by atoms with E-state index in [0.29, 0.717) is 19.4 Å². The normalized spacial score (nSPS) is 14.9. The summed E-state index contributed by atoms with van der Waals surface area (Å²) < 4.78 is 0. The molecular weight excluding hydrogens is 194 g/mol. The summed E-state index contributed by atoms with van der Waals surface area (Å²) in [6, 6.07) is -0.432. The van der Waals surface area contributed by atoms with Crippen molar-refractivity contribution in [2.45, 2.75) is 58.1 Å². The van der Waals surface area contributed by atoms with Gasteiger partial charge in [-0.05, 0) is 32.7 Å². The number of hydrogen-bond donors (Lipinski definition) is 3. The van der Waals surface area contributed by atoms with Crippen LogP contribution in [0.25, 0.3) is 0 Å². The van der Waals surface area contributed by atoms with Crippen LogP contribution in [0, 0.1) is 0 Å². The molecule has 0 aromatic rings. The van der Waals surface area contributed by atoms with Crippen LogP contribution in [0.5, 0.6) is 0 Å². The van der Waals surface area contributed by atoms with Gasteiger partial charge in [0.15, 0.2) is 0 Å². The van der Waals surface area contributed by atoms with Gasteiger partial charge in [0.2, 0.25) is 0 Å². The Bertz CT molecular complexity index is 171. The Hall–Kier alpha value is -0.610. The van der Waals surface area contributed by atoms with Crippen LogP contribution in [0.2, 0.25) is 0 Å². The fourth-order valence-corrected chi connectivity index (χ4v) is 1.39. The molecule has 4 nitrogen and oxygen atoms in total. The van der Waals surface area contributed by atoms with Gasteiger partial charge in [-0.3, -0.25) is 4.79 Å². The smallest absolute Gasteiger partial charge is 0.320 e. The van der Waals surface area contributed by atoms with Crippen LogP contribution in [0.3, 0.4) is 0 Å². The summed E-state index contributed by atoms with van der Waals surface area (Å²) in [6.45, 7) is 4.45. The molecule has 0 aliphatic rings. The van der Waals surface area contributed by atoms with Gasteiger partial charge in [0.05, 0.1) is 6.10 Å². The number of carboxylic acid groups (broad SMARTS) is 1. The van der Waals surface area contributed by atoms with Crippen LogP contribution in [0.4, 0.5) is 0 Å². The number of carbonyl (C=O) groups is 1. The second kappa shape index (κ2) is 8.68. The van der Waals surface area contributed by atoms with Gasteiger partial charge in [0.25, 0.3) is 0 Å². The number of hydrogen-bond acceptors (Lipinski definition) is 3. The van der Waals surface area contributed by atoms with Gasteiger partial charge in [0.1, 0.15) is 6.04 Å². The second-order valence-electron chi connectivity index (χ2n) is 3.98. The van der Waals surface area contributed by atoms with Gasteiger partial charge in [0, 0.05) is 0 Å². The van der Waals surface area contributed by atoms with E-state index < -0.39 is 12.0 Å². The topological polar surface area (TPSA) is 69.6 Å². The van der Waals surface area contributed by atoms with Gasteiger partial charge in [-0.15, -0.1) is 0 Å². The van der Waals surface area contributed by atoms with E-state index in [1.165, 1.54) is 0 Å². The van der Waals surface area contributed by atoms with Gasteiger partial charge in [-0.25, -0.2) is 0 Å². The largest absolute Gasteiger partial charge is 0.480 e. The third kappa shape index (κ3) is 8.39. The fraction of sp³-hybridized carbons (Fsp3) is 0.909. The van der Waals surface area contributed by atoms with Crippen LogP contribution in [0.15, 0.2) is 0 Å². The summed E-state index contributed by atoms with van der Waals surface area (Å²) in [7, 11) is 0. The minimum Gasteiger partial charge on any atom is -0.480 e. The molecule has 0 aromatic heterocycles. The number of aliphatic hydroxyl groups is 1. The predicted octanol–water partition coefficient (Wildman–Crippen LogP) is 1.38. The third-order valence-corrected chi connectivity index (χ3v) is 2.33. The van der Waals surface area contributed by atoms with Crippen molar-refractivity contribution in [1.29, 1.82) is 0 Å². The number of nitrogens with one attached hydrogen (secondary N) is 1. The van der Waals surface area contributed by atoms with Gasteiger partial charge in [-0.1, -0.05) is 19.8 Å². The van der Waals surface area contributed by atoms with E-state index in [0.717, 1.165) is 19.3 Å². The minimum atomic E-state index is -0.777. The van der Waals surface area contributed by atoms with Crippen molar-refractivity contribution in [2.75, 3.05) is 6.54 Å². The summed E-state index contributed by atoms with van der Waals surface area (Å²) in [5, 5.41) is 20.9. The lowest BCUT2D eigenvalue weighted by atomic mass is 10.1. The molecule has 2 unspecified atom stereocenters. The number of carboxylic acids is 1. The van der Waals surface area contributed by atoms with Crippen LogP contribution in [0.1, 0.15) is 46.0 Å². The van der Waals surface area contributed by atoms with E-state index in [1.54, 1.807) is 6.92 Å². The lowest BCUT2D eigenvalue weighted by Gasteiger charge is -2.14. The number of unbranched alkanes of at least 4 members (excludes halogenated alkanes) is 1. The van der Waals surface area contributed by atoms with Crippen LogP contribution >= 0.6 is 0 Å². The lowest BCUT2D eigenvalue weighted by molar-refractivity contribution is -0.139. The molecule has 15 heavy (non-hydrogen) atoms. The Morgan fingerprint density at radius 3 is 2.47 bits per heavy atom. The van der Waals surface area contributed by atoms with Crippen LogP contribution < -0.4 is 5.32 Å². The molecular formula is C11H23NO3. The molecule has 2 atom stereocenters. The Labute approximate surface area is 91.7 Å². The maximum absolute atomic E-state index is 10.8. The van der Waals surface area contributed by atoms with E-state index in [4.69, 9.17) is 10.2 Å². The van der Waals surface area contributed by atoms with E-state index in [1.807, 2.05) is 6.92 Å². The Kier molecular flexibility index (Phi) is 8.33. The first-order valence-corrected chi connectivity index (χ1v) is 5.72. The molecule has 4 heteroatoms. The maximum Gasteiger partial charge on any atom is 0.320 e. The second-order valence-corrected chi connectivity index (χ2v) is 3.98. The molecule has 0 saturated heterocycles. The first-order valence-electron chi connectivity index (χ1n) is 5.72. The highest BCUT2D eigenvalue weighted by molar-refractivity contribution is 5.73. The first kappa shape index (κ1) is 14.4. The standard InChI is InChI=1S/C11H23NO3/c1-3-4-7-10(11(14)15)12-8-5-6-9(2)13/h9-10,12-13H,3-8H2,1-2H3,(H,14,15). The van der Waals surface area contributed by atoms with Crippen molar-refractivity contribution in [3.8, 4) is 0 Å². The molecule has 90 valence electrons. The van der Waals surface area contributed by atoms with Crippen molar-refractivity contribution in [1.82, 2.24) is 5.32 Å². The molecule has 0 aromatic carbocycles. The van der Waals surface area contributed by atoms with Crippen molar-refractivity contribution in [2.24, 2.45) is 0 Å². The van der Waals surface area contributed by atoms with E-state index in [-0.39, 0.29) is 6.10 Å². The predicted molar refractivity (Wildman–Crippen MR) is 59.9 cm³/mol. The third-order valence-electron chi connectivity index (χ3n) is 2.33. The summed E-state index contributed by atoms with van der Waals surface area (Å²) in [5.74, 6) is -0.777. The van der Waals surface area contributed by atoms with E-state index >= 15 is 0 Å². The zero-order valence-corrected chi connectivity index (χ0v) is 9.70. The molecule has 0 amide bonds. The highest BCUT2D eigenvalue weighted by Crippen LogP contribution is 2.02. The van der Waals surface area contributed by atoms with Gasteiger partial charge in [-0.2, -0.15) is 0 Å². The van der Waals surface area contributed by atoms with Crippen molar-refractivity contribution in [3.05, 3.63) is 0 Å². The highest BCUT2D eigenvalue weighted by atomic mass is 16.4. The van der Waals surface area contributed by atoms with Crippen molar-refractivity contribution in [3.63, 3.8) is 0 Å². The first-order chi connectivity index (χ1) is 7.07. The molecule has 0 aliphatic heterocycles. The summed E-state index contributed by atoms with van der Waals surface area (Å²) in [6.07, 6.45) is 3.85. The number of aliphatic hydroxyl groups excluding tert-OH is 1. The summed E-state index contributed by atoms with van der Waals surface area (Å²) in [4.78, 5) is 10.8. The van der Waals surface area contributed by atoms with Crippen molar-refractivity contribution >= 4 is 5.97 Å². The molecule has 0 bridgehead atoms. The van der Waals surface area contributed by atoms with E-state index in [2.05, 4.69) is 5.32 Å². The molecule has 0 rings (SSSR count). The monoisotopic (exact) mass is 217 g/mol. The van der Waals surface area contributed by atoms with E-state index in [9.17, 15) is 4.79 Å². The summed E-state index contributed by atoms with van der Waals surface area (Å²) in [5.41, 5.74) is 0. The number of aliphatic carboxylic acids is 1. The molecule has 0 aliphatic carbocycles. The summed E-state index contributed by atoms with van der Waals surface area (Å²) >= 11 is 0. The SMILES string of the molecule is CCCCC(NCCCC(C)O)C(=O)O. The lowest BCUT2D eigenvalue weighted by Crippen LogP contribution is -2.37. The zero-order chi connectivity index (χ0) is 11.7. The maximum atomic E-state index is 10.8. The fourth-order valence-electron chi connectivity index (χ4n) is 1.39. The molecule has 0 heterocycles.